The maximum atomic E-state index is 12.3. The normalized spacial score (nSPS) is 10.3. The van der Waals surface area contributed by atoms with E-state index >= 15 is 0 Å². The zero-order chi connectivity index (χ0) is 18.1. The summed E-state index contributed by atoms with van der Waals surface area (Å²) in [6.45, 7) is 4.53. The van der Waals surface area contributed by atoms with E-state index in [0.717, 1.165) is 16.9 Å². The van der Waals surface area contributed by atoms with Crippen LogP contribution in [0.3, 0.4) is 0 Å². The smallest absolute Gasteiger partial charge is 0.305 e. The van der Waals surface area contributed by atoms with E-state index < -0.39 is 0 Å². The van der Waals surface area contributed by atoms with Crippen LogP contribution in [0.5, 0.6) is 5.75 Å². The molecule has 2 aromatic carbocycles. The SMILES string of the molecule is CCOC(=O)CCCC(=O)c1ccc(OCc2ccccc2)cc1C. The summed E-state index contributed by atoms with van der Waals surface area (Å²) in [5.74, 6) is 0.525. The topological polar surface area (TPSA) is 52.6 Å². The average molecular weight is 340 g/mol. The van der Waals surface area contributed by atoms with Crippen LogP contribution < -0.4 is 4.74 Å². The number of ketones is 1. The van der Waals surface area contributed by atoms with Crippen LogP contribution in [0.25, 0.3) is 0 Å². The molecule has 0 saturated heterocycles. The van der Waals surface area contributed by atoms with Gasteiger partial charge in [-0.15, -0.1) is 0 Å². The van der Waals surface area contributed by atoms with E-state index in [9.17, 15) is 9.59 Å². The lowest BCUT2D eigenvalue weighted by atomic mass is 10.0. The van der Waals surface area contributed by atoms with Gasteiger partial charge in [0.15, 0.2) is 5.78 Å². The fraction of sp³-hybridized carbons (Fsp3) is 0.333. The Balaban J connectivity index is 1.87. The minimum Gasteiger partial charge on any atom is -0.489 e. The number of benzene rings is 2. The Morgan fingerprint density at radius 2 is 1.76 bits per heavy atom. The van der Waals surface area contributed by atoms with Crippen LogP contribution in [0.2, 0.25) is 0 Å². The van der Waals surface area contributed by atoms with Crippen LogP contribution >= 0.6 is 0 Å². The summed E-state index contributed by atoms with van der Waals surface area (Å²) in [5, 5.41) is 0. The number of carbonyl (C=O) groups is 2. The minimum atomic E-state index is -0.253. The first-order valence-electron chi connectivity index (χ1n) is 8.56. The van der Waals surface area contributed by atoms with E-state index in [2.05, 4.69) is 0 Å². The molecule has 0 saturated carbocycles. The molecule has 2 rings (SSSR count). The molecule has 0 N–H and O–H groups in total. The number of hydrogen-bond acceptors (Lipinski definition) is 4. The van der Waals surface area contributed by atoms with Gasteiger partial charge in [-0.3, -0.25) is 9.59 Å². The second-order valence-corrected chi connectivity index (χ2v) is 5.83. The molecule has 0 amide bonds. The van der Waals surface area contributed by atoms with Gasteiger partial charge in [-0.1, -0.05) is 30.3 Å². The zero-order valence-electron chi connectivity index (χ0n) is 14.8. The highest BCUT2D eigenvalue weighted by Crippen LogP contribution is 2.20. The standard InChI is InChI=1S/C21H24O4/c1-3-24-21(23)11-7-10-20(22)19-13-12-18(14-16(19)2)25-15-17-8-5-4-6-9-17/h4-6,8-9,12-14H,3,7,10-11,15H2,1-2H3. The van der Waals surface area contributed by atoms with E-state index in [1.807, 2.05) is 49.4 Å². The van der Waals surface area contributed by atoms with Crippen molar-refractivity contribution in [3.05, 3.63) is 65.2 Å². The molecule has 2 aromatic rings. The first-order chi connectivity index (χ1) is 12.1. The second kappa shape index (κ2) is 9.62. The third-order valence-corrected chi connectivity index (χ3v) is 3.84. The average Bonchev–Trinajstić information content (AvgIpc) is 2.61. The van der Waals surface area contributed by atoms with Crippen molar-refractivity contribution < 1.29 is 19.1 Å². The molecule has 0 atom stereocenters. The molecule has 0 aromatic heterocycles. The van der Waals surface area contributed by atoms with Crippen LogP contribution in [-0.2, 0) is 16.1 Å². The predicted molar refractivity (Wildman–Crippen MR) is 96.8 cm³/mol. The van der Waals surface area contributed by atoms with E-state index in [0.29, 0.717) is 31.6 Å². The van der Waals surface area contributed by atoms with E-state index in [1.54, 1.807) is 13.0 Å². The summed E-state index contributed by atoms with van der Waals surface area (Å²) in [4.78, 5) is 23.6. The summed E-state index contributed by atoms with van der Waals surface area (Å²) in [5.41, 5.74) is 2.65. The Labute approximate surface area is 148 Å². The van der Waals surface area contributed by atoms with Gasteiger partial charge in [-0.05, 0) is 49.6 Å². The Kier molecular flexibility index (Phi) is 7.20. The highest BCUT2D eigenvalue weighted by atomic mass is 16.5. The molecule has 0 fully saturated rings. The molecule has 0 aliphatic heterocycles. The lowest BCUT2D eigenvalue weighted by Gasteiger charge is -2.10. The van der Waals surface area contributed by atoms with Gasteiger partial charge in [0.05, 0.1) is 6.61 Å². The van der Waals surface area contributed by atoms with Crippen molar-refractivity contribution in [2.24, 2.45) is 0 Å². The van der Waals surface area contributed by atoms with Crippen LogP contribution in [0.15, 0.2) is 48.5 Å². The van der Waals surface area contributed by atoms with E-state index in [-0.39, 0.29) is 18.2 Å². The van der Waals surface area contributed by atoms with Crippen molar-refractivity contribution in [1.82, 2.24) is 0 Å². The van der Waals surface area contributed by atoms with E-state index in [4.69, 9.17) is 9.47 Å². The van der Waals surface area contributed by atoms with Gasteiger partial charge in [0.25, 0.3) is 0 Å². The molecule has 0 unspecified atom stereocenters. The molecule has 0 heterocycles. The van der Waals surface area contributed by atoms with Gasteiger partial charge < -0.3 is 9.47 Å². The maximum Gasteiger partial charge on any atom is 0.305 e. The van der Waals surface area contributed by atoms with Crippen LogP contribution in [0, 0.1) is 6.92 Å². The van der Waals surface area contributed by atoms with Gasteiger partial charge in [-0.2, -0.15) is 0 Å². The number of rotatable bonds is 9. The van der Waals surface area contributed by atoms with Gasteiger partial charge >= 0.3 is 5.97 Å². The third kappa shape index (κ3) is 6.07. The number of esters is 1. The second-order valence-electron chi connectivity index (χ2n) is 5.83. The maximum absolute atomic E-state index is 12.3. The number of aryl methyl sites for hydroxylation is 1. The molecule has 0 aliphatic carbocycles. The molecule has 0 radical (unpaired) electrons. The largest absolute Gasteiger partial charge is 0.489 e. The van der Waals surface area contributed by atoms with Gasteiger partial charge in [0.1, 0.15) is 12.4 Å². The molecule has 4 heteroatoms. The van der Waals surface area contributed by atoms with Gasteiger partial charge in [0.2, 0.25) is 0 Å². The monoisotopic (exact) mass is 340 g/mol. The quantitative estimate of drug-likeness (QED) is 0.498. The first kappa shape index (κ1) is 18.7. The van der Waals surface area contributed by atoms with Crippen LogP contribution in [0.4, 0.5) is 0 Å². The summed E-state index contributed by atoms with van der Waals surface area (Å²) < 4.78 is 10.6. The molecule has 132 valence electrons. The Morgan fingerprint density at radius 3 is 2.44 bits per heavy atom. The van der Waals surface area contributed by atoms with Crippen molar-refractivity contribution in [1.29, 1.82) is 0 Å². The van der Waals surface area contributed by atoms with Crippen molar-refractivity contribution in [2.45, 2.75) is 39.7 Å². The molecule has 4 nitrogen and oxygen atoms in total. The highest BCUT2D eigenvalue weighted by molar-refractivity contribution is 5.97. The summed E-state index contributed by atoms with van der Waals surface area (Å²) >= 11 is 0. The van der Waals surface area contributed by atoms with Crippen molar-refractivity contribution >= 4 is 11.8 Å². The number of ether oxygens (including phenoxy) is 2. The molecular formula is C21H24O4. The zero-order valence-corrected chi connectivity index (χ0v) is 14.8. The number of hydrogen-bond donors (Lipinski definition) is 0. The number of Topliss-reactive ketones (excluding diaryl/α,β-unsaturated/α-hetero) is 1. The Bertz CT molecular complexity index is 707. The van der Waals surface area contributed by atoms with Crippen molar-refractivity contribution in [3.63, 3.8) is 0 Å². The molecule has 0 aliphatic rings. The Morgan fingerprint density at radius 1 is 1.00 bits per heavy atom. The summed E-state index contributed by atoms with van der Waals surface area (Å²) in [6.07, 6.45) is 1.12. The van der Waals surface area contributed by atoms with Gasteiger partial charge in [-0.25, -0.2) is 0 Å². The highest BCUT2D eigenvalue weighted by Gasteiger charge is 2.11. The first-order valence-corrected chi connectivity index (χ1v) is 8.56. The number of carbonyl (C=O) groups excluding carboxylic acids is 2. The fourth-order valence-electron chi connectivity index (χ4n) is 2.54. The van der Waals surface area contributed by atoms with Crippen molar-refractivity contribution in [3.8, 4) is 5.75 Å². The van der Waals surface area contributed by atoms with Crippen LogP contribution in [-0.4, -0.2) is 18.4 Å². The van der Waals surface area contributed by atoms with E-state index in [1.165, 1.54) is 0 Å². The van der Waals surface area contributed by atoms with Crippen molar-refractivity contribution in [2.75, 3.05) is 6.61 Å². The third-order valence-electron chi connectivity index (χ3n) is 3.84. The molecule has 0 bridgehead atoms. The predicted octanol–water partition coefficient (Wildman–Crippen LogP) is 4.49. The molecule has 25 heavy (non-hydrogen) atoms. The van der Waals surface area contributed by atoms with Crippen LogP contribution in [0.1, 0.15) is 47.7 Å². The Hall–Kier alpha value is -2.62. The lowest BCUT2D eigenvalue weighted by molar-refractivity contribution is -0.143. The fourth-order valence-corrected chi connectivity index (χ4v) is 2.54. The summed E-state index contributed by atoms with van der Waals surface area (Å²) in [7, 11) is 0. The lowest BCUT2D eigenvalue weighted by Crippen LogP contribution is -2.07. The molecule has 0 spiro atoms. The molecular weight excluding hydrogens is 316 g/mol. The van der Waals surface area contributed by atoms with Gasteiger partial charge in [0, 0.05) is 18.4 Å². The summed E-state index contributed by atoms with van der Waals surface area (Å²) in [6, 6.07) is 15.4. The minimum absolute atomic E-state index is 0.0383.